The van der Waals surface area contributed by atoms with Crippen LogP contribution in [0.25, 0.3) is 0 Å². The Balaban J connectivity index is 1.65. The Kier molecular flexibility index (Phi) is 5.54. The van der Waals surface area contributed by atoms with E-state index >= 15 is 0 Å². The maximum atomic E-state index is 13.3. The second kappa shape index (κ2) is 8.44. The standard InChI is InChI=1S/C25H23N3O3/c1-2-25(20-16-10-5-11-17-20)23(30)28(24(31)26-25)27-22(29)21(18-12-6-3-7-13-18)19-14-8-4-9-15-19/h3-17,21H,2H2,1H3,(H,26,31)(H,27,29). The summed E-state index contributed by atoms with van der Waals surface area (Å²) >= 11 is 0. The fourth-order valence-corrected chi connectivity index (χ4v) is 4.00. The largest absolute Gasteiger partial charge is 0.344 e. The van der Waals surface area contributed by atoms with Gasteiger partial charge in [-0.15, -0.1) is 0 Å². The fourth-order valence-electron chi connectivity index (χ4n) is 4.00. The van der Waals surface area contributed by atoms with Gasteiger partial charge < -0.3 is 5.32 Å². The van der Waals surface area contributed by atoms with Crippen LogP contribution < -0.4 is 10.7 Å². The smallest absolute Gasteiger partial charge is 0.318 e. The molecule has 3 aromatic rings. The molecule has 31 heavy (non-hydrogen) atoms. The summed E-state index contributed by atoms with van der Waals surface area (Å²) in [7, 11) is 0. The lowest BCUT2D eigenvalue weighted by Crippen LogP contribution is -2.50. The topological polar surface area (TPSA) is 78.5 Å². The monoisotopic (exact) mass is 413 g/mol. The number of carbonyl (C=O) groups excluding carboxylic acids is 3. The maximum Gasteiger partial charge on any atom is 0.344 e. The number of hydrogen-bond donors (Lipinski definition) is 2. The van der Waals surface area contributed by atoms with Crippen LogP contribution in [0.5, 0.6) is 0 Å². The molecule has 6 heteroatoms. The Bertz CT molecular complexity index is 1050. The van der Waals surface area contributed by atoms with Crippen LogP contribution in [0.2, 0.25) is 0 Å². The Morgan fingerprint density at radius 1 is 0.871 bits per heavy atom. The summed E-state index contributed by atoms with van der Waals surface area (Å²) in [4.78, 5) is 39.4. The van der Waals surface area contributed by atoms with E-state index in [0.29, 0.717) is 12.0 Å². The van der Waals surface area contributed by atoms with Crippen LogP contribution in [0.15, 0.2) is 91.0 Å². The Morgan fingerprint density at radius 2 is 1.35 bits per heavy atom. The van der Waals surface area contributed by atoms with Gasteiger partial charge in [0.2, 0.25) is 0 Å². The lowest BCUT2D eigenvalue weighted by Gasteiger charge is -2.26. The average Bonchev–Trinajstić information content (AvgIpc) is 3.06. The lowest BCUT2D eigenvalue weighted by molar-refractivity contribution is -0.139. The highest BCUT2D eigenvalue weighted by Gasteiger charge is 2.52. The number of imide groups is 1. The number of nitrogens with zero attached hydrogens (tertiary/aromatic N) is 1. The molecule has 1 unspecified atom stereocenters. The van der Waals surface area contributed by atoms with Gasteiger partial charge >= 0.3 is 6.03 Å². The first-order valence-corrected chi connectivity index (χ1v) is 10.2. The molecule has 0 bridgehead atoms. The van der Waals surface area contributed by atoms with Crippen molar-refractivity contribution in [3.63, 3.8) is 0 Å². The van der Waals surface area contributed by atoms with Crippen LogP contribution >= 0.6 is 0 Å². The van der Waals surface area contributed by atoms with E-state index < -0.39 is 29.3 Å². The zero-order valence-electron chi connectivity index (χ0n) is 17.1. The number of rotatable bonds is 6. The molecule has 0 aromatic heterocycles. The number of benzene rings is 3. The molecule has 1 heterocycles. The van der Waals surface area contributed by atoms with E-state index in [0.717, 1.165) is 16.1 Å². The first-order chi connectivity index (χ1) is 15.1. The Hall–Kier alpha value is -3.93. The van der Waals surface area contributed by atoms with E-state index in [2.05, 4.69) is 10.7 Å². The first-order valence-electron chi connectivity index (χ1n) is 10.2. The summed E-state index contributed by atoms with van der Waals surface area (Å²) in [6, 6.07) is 27.0. The SMILES string of the molecule is CCC1(c2ccccc2)NC(=O)N(NC(=O)C(c2ccccc2)c2ccccc2)C1=O. The van der Waals surface area contributed by atoms with Gasteiger partial charge in [-0.2, -0.15) is 5.01 Å². The normalized spacial score (nSPS) is 18.2. The van der Waals surface area contributed by atoms with E-state index in [1.807, 2.05) is 85.8 Å². The van der Waals surface area contributed by atoms with Crippen LogP contribution in [0.3, 0.4) is 0 Å². The van der Waals surface area contributed by atoms with Crippen molar-refractivity contribution in [2.24, 2.45) is 0 Å². The molecule has 6 nitrogen and oxygen atoms in total. The number of urea groups is 1. The zero-order valence-corrected chi connectivity index (χ0v) is 17.1. The lowest BCUT2D eigenvalue weighted by atomic mass is 9.87. The molecule has 0 saturated carbocycles. The first kappa shape index (κ1) is 20.3. The molecular formula is C25H23N3O3. The summed E-state index contributed by atoms with van der Waals surface area (Å²) in [5.74, 6) is -1.63. The van der Waals surface area contributed by atoms with Gasteiger partial charge in [0.1, 0.15) is 5.54 Å². The summed E-state index contributed by atoms with van der Waals surface area (Å²) in [6.07, 6.45) is 0.356. The highest BCUT2D eigenvalue weighted by Crippen LogP contribution is 2.32. The molecule has 0 aliphatic carbocycles. The van der Waals surface area contributed by atoms with Crippen molar-refractivity contribution >= 4 is 17.8 Å². The quantitative estimate of drug-likeness (QED) is 0.605. The molecule has 0 spiro atoms. The summed E-state index contributed by atoms with van der Waals surface area (Å²) in [5.41, 5.74) is 3.57. The molecular weight excluding hydrogens is 390 g/mol. The van der Waals surface area contributed by atoms with E-state index in [-0.39, 0.29) is 0 Å². The van der Waals surface area contributed by atoms with Gasteiger partial charge in [-0.05, 0) is 23.1 Å². The van der Waals surface area contributed by atoms with Gasteiger partial charge in [0.25, 0.3) is 11.8 Å². The maximum absolute atomic E-state index is 13.3. The summed E-state index contributed by atoms with van der Waals surface area (Å²) in [5, 5.41) is 3.58. The van der Waals surface area contributed by atoms with Gasteiger partial charge in [-0.1, -0.05) is 97.9 Å². The van der Waals surface area contributed by atoms with E-state index in [9.17, 15) is 14.4 Å². The highest BCUT2D eigenvalue weighted by atomic mass is 16.2. The van der Waals surface area contributed by atoms with Gasteiger partial charge in [-0.25, -0.2) is 4.79 Å². The molecule has 2 N–H and O–H groups in total. The predicted octanol–water partition coefficient (Wildman–Crippen LogP) is 3.71. The van der Waals surface area contributed by atoms with E-state index in [1.165, 1.54) is 0 Å². The molecule has 0 radical (unpaired) electrons. The highest BCUT2D eigenvalue weighted by molar-refractivity contribution is 6.08. The third kappa shape index (κ3) is 3.68. The van der Waals surface area contributed by atoms with Gasteiger partial charge in [0.15, 0.2) is 0 Å². The number of hydrazine groups is 1. The van der Waals surface area contributed by atoms with Gasteiger partial charge in [0, 0.05) is 0 Å². The Labute approximate surface area is 180 Å². The van der Waals surface area contributed by atoms with Crippen LogP contribution in [-0.4, -0.2) is 22.9 Å². The minimum atomic E-state index is -1.21. The fraction of sp³-hybridized carbons (Fsp3) is 0.160. The second-order valence-electron chi connectivity index (χ2n) is 7.43. The zero-order chi connectivity index (χ0) is 21.8. The second-order valence-corrected chi connectivity index (χ2v) is 7.43. The van der Waals surface area contributed by atoms with Crippen molar-refractivity contribution in [2.75, 3.05) is 0 Å². The molecule has 156 valence electrons. The van der Waals surface area contributed by atoms with E-state index in [1.54, 1.807) is 12.1 Å². The third-order valence-electron chi connectivity index (χ3n) is 5.64. The predicted molar refractivity (Wildman–Crippen MR) is 117 cm³/mol. The number of hydrogen-bond acceptors (Lipinski definition) is 3. The molecule has 1 aliphatic rings. The number of nitrogens with one attached hydrogen (secondary N) is 2. The molecule has 4 rings (SSSR count). The Morgan fingerprint density at radius 3 is 1.84 bits per heavy atom. The molecule has 1 saturated heterocycles. The summed E-state index contributed by atoms with van der Waals surface area (Å²) < 4.78 is 0. The van der Waals surface area contributed by atoms with Crippen LogP contribution in [-0.2, 0) is 15.1 Å². The summed E-state index contributed by atoms with van der Waals surface area (Å²) in [6.45, 7) is 1.83. The molecule has 1 atom stereocenters. The van der Waals surface area contributed by atoms with Crippen molar-refractivity contribution in [3.8, 4) is 0 Å². The van der Waals surface area contributed by atoms with Crippen molar-refractivity contribution in [1.82, 2.24) is 15.8 Å². The minimum Gasteiger partial charge on any atom is -0.318 e. The van der Waals surface area contributed by atoms with Gasteiger partial charge in [0.05, 0.1) is 5.92 Å². The van der Waals surface area contributed by atoms with Crippen LogP contribution in [0.1, 0.15) is 36.0 Å². The van der Waals surface area contributed by atoms with E-state index in [4.69, 9.17) is 0 Å². The average molecular weight is 413 g/mol. The minimum absolute atomic E-state index is 0.356. The van der Waals surface area contributed by atoms with Crippen molar-refractivity contribution in [2.45, 2.75) is 24.8 Å². The molecule has 3 aromatic carbocycles. The van der Waals surface area contributed by atoms with Crippen molar-refractivity contribution in [1.29, 1.82) is 0 Å². The third-order valence-corrected chi connectivity index (χ3v) is 5.64. The van der Waals surface area contributed by atoms with Gasteiger partial charge in [-0.3, -0.25) is 15.0 Å². The molecule has 1 aliphatic heterocycles. The number of carbonyl (C=O) groups is 3. The van der Waals surface area contributed by atoms with Crippen molar-refractivity contribution in [3.05, 3.63) is 108 Å². The van der Waals surface area contributed by atoms with Crippen LogP contribution in [0, 0.1) is 0 Å². The number of amides is 4. The molecule has 4 amide bonds. The van der Waals surface area contributed by atoms with Crippen LogP contribution in [0.4, 0.5) is 4.79 Å². The molecule has 1 fully saturated rings. The van der Waals surface area contributed by atoms with Crippen molar-refractivity contribution < 1.29 is 14.4 Å².